The van der Waals surface area contributed by atoms with E-state index in [2.05, 4.69) is 32.5 Å². The van der Waals surface area contributed by atoms with Crippen LogP contribution in [0, 0.1) is 5.92 Å². The van der Waals surface area contributed by atoms with Gasteiger partial charge >= 0.3 is 0 Å². The highest BCUT2D eigenvalue weighted by Gasteiger charge is 2.20. The summed E-state index contributed by atoms with van der Waals surface area (Å²) in [4.78, 5) is 13.5. The number of benzene rings is 1. The van der Waals surface area contributed by atoms with E-state index in [0.29, 0.717) is 17.9 Å². The highest BCUT2D eigenvalue weighted by atomic mass is 15.2. The molecule has 2 aromatic heterocycles. The van der Waals surface area contributed by atoms with Crippen molar-refractivity contribution in [3.63, 3.8) is 0 Å². The third-order valence-electron chi connectivity index (χ3n) is 4.74. The summed E-state index contributed by atoms with van der Waals surface area (Å²) in [7, 11) is 0. The van der Waals surface area contributed by atoms with Crippen LogP contribution in [0.3, 0.4) is 0 Å². The fourth-order valence-corrected chi connectivity index (χ4v) is 3.32. The Kier molecular flexibility index (Phi) is 4.13. The number of para-hydroxylation sites is 2. The van der Waals surface area contributed by atoms with Gasteiger partial charge in [-0.05, 0) is 57.0 Å². The number of anilines is 1. The summed E-state index contributed by atoms with van der Waals surface area (Å²) in [5, 5.41) is 6.93. The standard InChI is InChI=1S/C18H22N6/c1-13(14-5-4-9-19-11-14)22-18-20-10-8-17(23-18)24-12-21-15-6-2-3-7-16(15)24/h2-3,6-8,10,12-14,19H,4-5,9,11H2,1H3,(H,20,22,23). The van der Waals surface area contributed by atoms with Crippen molar-refractivity contribution in [2.75, 3.05) is 18.4 Å². The van der Waals surface area contributed by atoms with Crippen LogP contribution in [0.2, 0.25) is 0 Å². The predicted molar refractivity (Wildman–Crippen MR) is 95.3 cm³/mol. The maximum absolute atomic E-state index is 4.68. The highest BCUT2D eigenvalue weighted by Crippen LogP contribution is 2.19. The van der Waals surface area contributed by atoms with Crippen LogP contribution < -0.4 is 10.6 Å². The van der Waals surface area contributed by atoms with Gasteiger partial charge in [-0.15, -0.1) is 0 Å². The molecule has 2 N–H and O–H groups in total. The molecule has 0 aliphatic carbocycles. The Morgan fingerprint density at radius 3 is 3.04 bits per heavy atom. The van der Waals surface area contributed by atoms with Crippen molar-refractivity contribution in [3.8, 4) is 5.82 Å². The Labute approximate surface area is 141 Å². The molecule has 1 aliphatic rings. The molecule has 1 aliphatic heterocycles. The lowest BCUT2D eigenvalue weighted by atomic mass is 9.93. The first-order valence-electron chi connectivity index (χ1n) is 8.54. The largest absolute Gasteiger partial charge is 0.351 e. The summed E-state index contributed by atoms with van der Waals surface area (Å²) in [6, 6.07) is 10.3. The van der Waals surface area contributed by atoms with E-state index in [1.807, 2.05) is 41.2 Å². The monoisotopic (exact) mass is 322 g/mol. The molecule has 2 atom stereocenters. The lowest BCUT2D eigenvalue weighted by Crippen LogP contribution is -2.39. The van der Waals surface area contributed by atoms with E-state index in [1.165, 1.54) is 12.8 Å². The molecule has 24 heavy (non-hydrogen) atoms. The van der Waals surface area contributed by atoms with E-state index >= 15 is 0 Å². The second-order valence-electron chi connectivity index (χ2n) is 6.38. The number of nitrogens with zero attached hydrogens (tertiary/aromatic N) is 4. The van der Waals surface area contributed by atoms with Crippen molar-refractivity contribution in [2.45, 2.75) is 25.8 Å². The average Bonchev–Trinajstić information content (AvgIpc) is 3.07. The third kappa shape index (κ3) is 2.97. The van der Waals surface area contributed by atoms with E-state index in [0.717, 1.165) is 29.9 Å². The number of fused-ring (bicyclic) bond motifs is 1. The van der Waals surface area contributed by atoms with E-state index in [-0.39, 0.29) is 0 Å². The molecular weight excluding hydrogens is 300 g/mol. The molecule has 124 valence electrons. The molecule has 3 aromatic rings. The quantitative estimate of drug-likeness (QED) is 0.773. The third-order valence-corrected chi connectivity index (χ3v) is 4.74. The summed E-state index contributed by atoms with van der Waals surface area (Å²) in [5.74, 6) is 2.11. The molecule has 6 nitrogen and oxygen atoms in total. The molecule has 1 aromatic carbocycles. The first-order valence-corrected chi connectivity index (χ1v) is 8.54. The molecule has 0 spiro atoms. The fourth-order valence-electron chi connectivity index (χ4n) is 3.32. The van der Waals surface area contributed by atoms with E-state index in [4.69, 9.17) is 0 Å². The van der Waals surface area contributed by atoms with Gasteiger partial charge in [-0.2, -0.15) is 4.98 Å². The Bertz CT molecular complexity index is 821. The number of hydrogen-bond donors (Lipinski definition) is 2. The second kappa shape index (κ2) is 6.57. The normalized spacial score (nSPS) is 19.3. The van der Waals surface area contributed by atoms with Crippen molar-refractivity contribution < 1.29 is 0 Å². The zero-order valence-corrected chi connectivity index (χ0v) is 13.8. The fraction of sp³-hybridized carbons (Fsp3) is 0.389. The number of aromatic nitrogens is 4. The summed E-state index contributed by atoms with van der Waals surface area (Å²) < 4.78 is 2.00. The molecule has 0 radical (unpaired) electrons. The maximum atomic E-state index is 4.68. The van der Waals surface area contributed by atoms with Crippen LogP contribution in [0.4, 0.5) is 5.95 Å². The Morgan fingerprint density at radius 2 is 2.17 bits per heavy atom. The van der Waals surface area contributed by atoms with Crippen molar-refractivity contribution in [1.29, 1.82) is 0 Å². The Balaban J connectivity index is 1.57. The van der Waals surface area contributed by atoms with Crippen LogP contribution in [0.5, 0.6) is 0 Å². The molecule has 4 rings (SSSR count). The molecule has 0 bridgehead atoms. The Morgan fingerprint density at radius 1 is 1.25 bits per heavy atom. The van der Waals surface area contributed by atoms with Crippen molar-refractivity contribution in [1.82, 2.24) is 24.8 Å². The van der Waals surface area contributed by atoms with Crippen LogP contribution in [-0.4, -0.2) is 38.7 Å². The lowest BCUT2D eigenvalue weighted by Gasteiger charge is -2.28. The first-order chi connectivity index (χ1) is 11.8. The average molecular weight is 322 g/mol. The van der Waals surface area contributed by atoms with Crippen LogP contribution >= 0.6 is 0 Å². The van der Waals surface area contributed by atoms with Gasteiger partial charge in [0.15, 0.2) is 0 Å². The van der Waals surface area contributed by atoms with Gasteiger partial charge in [-0.3, -0.25) is 4.57 Å². The van der Waals surface area contributed by atoms with Crippen LogP contribution in [0.25, 0.3) is 16.9 Å². The van der Waals surface area contributed by atoms with Gasteiger partial charge in [0.25, 0.3) is 0 Å². The van der Waals surface area contributed by atoms with Crippen molar-refractivity contribution in [2.24, 2.45) is 5.92 Å². The van der Waals surface area contributed by atoms with Gasteiger partial charge in [-0.1, -0.05) is 12.1 Å². The second-order valence-corrected chi connectivity index (χ2v) is 6.38. The Hall–Kier alpha value is -2.47. The smallest absolute Gasteiger partial charge is 0.224 e. The molecule has 1 fully saturated rings. The van der Waals surface area contributed by atoms with Crippen molar-refractivity contribution >= 4 is 17.0 Å². The first kappa shape index (κ1) is 15.1. The van der Waals surface area contributed by atoms with Gasteiger partial charge in [0.2, 0.25) is 5.95 Å². The maximum Gasteiger partial charge on any atom is 0.224 e. The minimum Gasteiger partial charge on any atom is -0.351 e. The molecular formula is C18H22N6. The van der Waals surface area contributed by atoms with E-state index < -0.39 is 0 Å². The summed E-state index contributed by atoms with van der Waals surface area (Å²) in [6.45, 7) is 4.39. The predicted octanol–water partition coefficient (Wildman–Crippen LogP) is 2.62. The van der Waals surface area contributed by atoms with Gasteiger partial charge in [0, 0.05) is 12.2 Å². The minimum atomic E-state index is 0.340. The van der Waals surface area contributed by atoms with Gasteiger partial charge in [0.1, 0.15) is 12.1 Å². The zero-order chi connectivity index (χ0) is 16.4. The lowest BCUT2D eigenvalue weighted by molar-refractivity contribution is 0.346. The topological polar surface area (TPSA) is 67.7 Å². The van der Waals surface area contributed by atoms with Crippen LogP contribution in [-0.2, 0) is 0 Å². The minimum absolute atomic E-state index is 0.340. The molecule has 0 saturated carbocycles. The SMILES string of the molecule is CC(Nc1nccc(-n2cnc3ccccc32)n1)C1CCCNC1. The zero-order valence-electron chi connectivity index (χ0n) is 13.8. The van der Waals surface area contributed by atoms with E-state index in [1.54, 1.807) is 6.20 Å². The molecule has 3 heterocycles. The number of hydrogen-bond acceptors (Lipinski definition) is 5. The van der Waals surface area contributed by atoms with Crippen molar-refractivity contribution in [3.05, 3.63) is 42.9 Å². The van der Waals surface area contributed by atoms with Gasteiger partial charge in [0.05, 0.1) is 11.0 Å². The number of rotatable bonds is 4. The summed E-state index contributed by atoms with van der Waals surface area (Å²) >= 11 is 0. The van der Waals surface area contributed by atoms with E-state index in [9.17, 15) is 0 Å². The molecule has 6 heteroatoms. The molecule has 1 saturated heterocycles. The van der Waals surface area contributed by atoms with Gasteiger partial charge in [-0.25, -0.2) is 9.97 Å². The molecule has 2 unspecified atom stereocenters. The highest BCUT2D eigenvalue weighted by molar-refractivity contribution is 5.76. The summed E-state index contributed by atoms with van der Waals surface area (Å²) in [5.41, 5.74) is 2.01. The van der Waals surface area contributed by atoms with Gasteiger partial charge < -0.3 is 10.6 Å². The number of imidazole rings is 1. The van der Waals surface area contributed by atoms with Crippen LogP contribution in [0.1, 0.15) is 19.8 Å². The van der Waals surface area contributed by atoms with Crippen LogP contribution in [0.15, 0.2) is 42.9 Å². The summed E-state index contributed by atoms with van der Waals surface area (Å²) in [6.07, 6.45) is 6.09. The number of nitrogens with one attached hydrogen (secondary N) is 2. The molecule has 0 amide bonds. The number of piperidine rings is 1.